The summed E-state index contributed by atoms with van der Waals surface area (Å²) in [5.41, 5.74) is 16.9. The minimum Gasteiger partial charge on any atom is -0.507 e. The zero-order valence-corrected chi connectivity index (χ0v) is 36.3. The Morgan fingerprint density at radius 2 is 0.851 bits per heavy atom. The molecule has 368 valence electrons. The molecule has 0 aliphatic carbocycles. The van der Waals surface area contributed by atoms with Gasteiger partial charge in [0.2, 0.25) is 0 Å². The second-order valence-electron chi connectivity index (χ2n) is 15.9. The van der Waals surface area contributed by atoms with Crippen LogP contribution in [0, 0.1) is 0 Å². The van der Waals surface area contributed by atoms with Crippen LogP contribution in [0.2, 0.25) is 0 Å². The minimum atomic E-state index is -1.73. The first-order valence-corrected chi connectivity index (χ1v) is 20.8. The van der Waals surface area contributed by atoms with E-state index in [1.54, 1.807) is 0 Å². The fourth-order valence-electron chi connectivity index (χ4n) is 7.86. The van der Waals surface area contributed by atoms with Gasteiger partial charge in [-0.1, -0.05) is 0 Å². The van der Waals surface area contributed by atoms with Crippen LogP contribution in [0.1, 0.15) is 31.1 Å². The molecule has 15 atom stereocenters. The molecular formula is C42H56N6O19. The molecule has 6 unspecified atom stereocenters. The van der Waals surface area contributed by atoms with E-state index in [4.69, 9.17) is 55.1 Å². The molecule has 3 heterocycles. The van der Waals surface area contributed by atoms with Crippen molar-refractivity contribution >= 4 is 35.0 Å². The van der Waals surface area contributed by atoms with E-state index >= 15 is 0 Å². The van der Waals surface area contributed by atoms with Crippen LogP contribution in [0.15, 0.2) is 54.6 Å². The highest BCUT2D eigenvalue weighted by Gasteiger charge is 2.54. The first kappa shape index (κ1) is 50.8. The van der Waals surface area contributed by atoms with E-state index in [1.165, 1.54) is 69.7 Å². The first-order valence-electron chi connectivity index (χ1n) is 20.8. The summed E-state index contributed by atoms with van der Waals surface area (Å²) in [5, 5.41) is 96.0. The lowest BCUT2D eigenvalue weighted by Gasteiger charge is -2.50. The van der Waals surface area contributed by atoms with E-state index in [9.17, 15) is 55.2 Å². The minimum absolute atomic E-state index is 0.113. The molecular weight excluding hydrogens is 892 g/mol. The summed E-state index contributed by atoms with van der Waals surface area (Å²) in [5.74, 6) is -4.52. The maximum absolute atomic E-state index is 13.4. The predicted molar refractivity (Wildman–Crippen MR) is 229 cm³/mol. The molecule has 67 heavy (non-hydrogen) atoms. The van der Waals surface area contributed by atoms with Crippen molar-refractivity contribution < 1.29 is 93.1 Å². The number of hydrogen-bond acceptors (Lipinski definition) is 25. The number of aliphatic hydroxyl groups excluding tert-OH is 5. The van der Waals surface area contributed by atoms with Gasteiger partial charge >= 0.3 is 17.9 Å². The van der Waals surface area contributed by atoms with E-state index in [2.05, 4.69) is 16.0 Å². The van der Waals surface area contributed by atoms with E-state index in [-0.39, 0.29) is 33.8 Å². The average molecular weight is 949 g/mol. The smallest absolute Gasteiger partial charge is 0.342 e. The Bertz CT molecular complexity index is 2210. The van der Waals surface area contributed by atoms with Gasteiger partial charge in [-0.2, -0.15) is 0 Å². The quantitative estimate of drug-likeness (QED) is 0.0287. The fourth-order valence-corrected chi connectivity index (χ4v) is 7.86. The molecule has 3 aliphatic rings. The lowest BCUT2D eigenvalue weighted by atomic mass is 9.94. The standard InChI is InChI=1S/C42H56N6O19/c1-46-28-33(54)35(26(63-40(28)59)14-61-38(57)20-11-17(44)5-8-23(20)50)66-42-30(48-3)34(55)36(27(65-42)15-62-39(58)21-12-18(45)6-9-24(21)51)67-41-29(47-2)32(53)31(52)25(64-41)13-60-37(56)19-10-16(43)4-7-22(19)49/h4-12,25-36,40-42,46-55,59H,13-15,43-45H2,1-3H3/t25?,26?,27?,28?,29?,30?,31-,32+,33+,34+,35+,36+,40-,41+,42+/m1/s1. The maximum atomic E-state index is 13.4. The first-order chi connectivity index (χ1) is 31.9. The van der Waals surface area contributed by atoms with Gasteiger partial charge in [0.05, 0.1) is 18.1 Å². The van der Waals surface area contributed by atoms with Crippen LogP contribution in [-0.2, 0) is 37.9 Å². The summed E-state index contributed by atoms with van der Waals surface area (Å²) in [6.07, 6.45) is -19.1. The van der Waals surface area contributed by atoms with Gasteiger partial charge in [-0.3, -0.25) is 0 Å². The van der Waals surface area contributed by atoms with E-state index in [0.29, 0.717) is 0 Å². The van der Waals surface area contributed by atoms with E-state index in [1.807, 2.05) is 0 Å². The highest BCUT2D eigenvalue weighted by Crippen LogP contribution is 2.34. The third-order valence-electron chi connectivity index (χ3n) is 11.5. The van der Waals surface area contributed by atoms with Crippen LogP contribution in [0.5, 0.6) is 17.2 Å². The van der Waals surface area contributed by atoms with Crippen LogP contribution >= 0.6 is 0 Å². The van der Waals surface area contributed by atoms with Crippen molar-refractivity contribution in [2.45, 2.75) is 91.9 Å². The summed E-state index contributed by atoms with van der Waals surface area (Å²) in [4.78, 5) is 39.3. The van der Waals surface area contributed by atoms with Gasteiger partial charge < -0.3 is 112 Å². The molecule has 3 aliphatic heterocycles. The number of esters is 3. The monoisotopic (exact) mass is 948 g/mol. The van der Waals surface area contributed by atoms with Crippen molar-refractivity contribution in [2.75, 3.05) is 58.2 Å². The maximum Gasteiger partial charge on any atom is 0.342 e. The molecule has 3 aromatic carbocycles. The topological polar surface area (TPSA) is 401 Å². The largest absolute Gasteiger partial charge is 0.507 e. The van der Waals surface area contributed by atoms with Gasteiger partial charge in [0.15, 0.2) is 18.9 Å². The molecule has 3 saturated heterocycles. The molecule has 0 amide bonds. The number of carbonyl (C=O) groups excluding carboxylic acids is 3. The summed E-state index contributed by atoms with van der Waals surface area (Å²) >= 11 is 0. The lowest BCUT2D eigenvalue weighted by molar-refractivity contribution is -0.351. The van der Waals surface area contributed by atoms with Crippen molar-refractivity contribution in [3.8, 4) is 17.2 Å². The summed E-state index contributed by atoms with van der Waals surface area (Å²) in [6.45, 7) is -2.10. The molecule has 6 rings (SSSR count). The zero-order valence-electron chi connectivity index (χ0n) is 36.3. The number of nitrogens with two attached hydrogens (primary N) is 3. The Hall–Kier alpha value is -5.65. The molecule has 17 N–H and O–H groups in total. The Balaban J connectivity index is 1.27. The van der Waals surface area contributed by atoms with Crippen molar-refractivity contribution in [2.24, 2.45) is 0 Å². The fraction of sp³-hybridized carbons (Fsp3) is 0.500. The van der Waals surface area contributed by atoms with Crippen LogP contribution in [-0.4, -0.2) is 192 Å². The van der Waals surface area contributed by atoms with Gasteiger partial charge in [-0.05, 0) is 75.7 Å². The van der Waals surface area contributed by atoms with Crippen molar-refractivity contribution in [3.63, 3.8) is 0 Å². The molecule has 0 spiro atoms. The molecule has 3 aromatic rings. The number of benzene rings is 3. The number of phenols is 3. The second-order valence-corrected chi connectivity index (χ2v) is 15.9. The SMILES string of the molecule is CNC1[C@H](O[C@H]2C(COC(=O)c3cc(N)ccc3O)O[C@@H](O[C@H]3C(COC(=O)c4cc(N)ccc4O)O[C@@H](O)C(NC)[C@@H]3O)C(NC)[C@@H]2O)OC(COC(=O)c2cc(N)ccc2O)[C@@H](O)[C@H]1O. The molecule has 3 fully saturated rings. The molecule has 25 heteroatoms. The van der Waals surface area contributed by atoms with Gasteiger partial charge in [0, 0.05) is 17.1 Å². The van der Waals surface area contributed by atoms with Crippen LogP contribution in [0.25, 0.3) is 0 Å². The van der Waals surface area contributed by atoms with E-state index < -0.39 is 147 Å². The number of phenolic OH excluding ortho intramolecular Hbond substituents is 3. The number of hydrogen-bond donors (Lipinski definition) is 14. The normalized spacial score (nSPS) is 32.0. The molecule has 0 aromatic heterocycles. The number of nitrogens with one attached hydrogen (secondary N) is 3. The Kier molecular flexibility index (Phi) is 16.6. The van der Waals surface area contributed by atoms with Gasteiger partial charge in [0.1, 0.15) is 109 Å². The second kappa shape index (κ2) is 22.0. The van der Waals surface area contributed by atoms with Crippen LogP contribution in [0.3, 0.4) is 0 Å². The number of nitrogen functional groups attached to an aromatic ring is 3. The number of aromatic hydroxyl groups is 3. The Morgan fingerprint density at radius 3 is 1.25 bits per heavy atom. The van der Waals surface area contributed by atoms with Crippen LogP contribution < -0.4 is 33.2 Å². The van der Waals surface area contributed by atoms with Crippen LogP contribution in [0.4, 0.5) is 17.1 Å². The zero-order chi connectivity index (χ0) is 48.9. The van der Waals surface area contributed by atoms with Crippen molar-refractivity contribution in [1.82, 2.24) is 16.0 Å². The predicted octanol–water partition coefficient (Wildman–Crippen LogP) is -3.43. The van der Waals surface area contributed by atoms with E-state index in [0.717, 1.165) is 6.07 Å². The summed E-state index contributed by atoms with van der Waals surface area (Å²) in [7, 11) is 4.24. The lowest BCUT2D eigenvalue weighted by Crippen LogP contribution is -2.70. The number of ether oxygens (including phenoxy) is 8. The number of carbonyl (C=O) groups is 3. The number of rotatable bonds is 16. The molecule has 25 nitrogen and oxygen atoms in total. The Labute approximate surface area is 382 Å². The summed E-state index contributed by atoms with van der Waals surface area (Å²) < 4.78 is 47.0. The summed E-state index contributed by atoms with van der Waals surface area (Å²) in [6, 6.07) is 7.36. The molecule has 0 bridgehead atoms. The molecule has 0 radical (unpaired) electrons. The third-order valence-corrected chi connectivity index (χ3v) is 11.5. The highest BCUT2D eigenvalue weighted by atomic mass is 16.7. The average Bonchev–Trinajstić information content (AvgIpc) is 3.29. The third kappa shape index (κ3) is 11.4. The van der Waals surface area contributed by atoms with Gasteiger partial charge in [-0.15, -0.1) is 0 Å². The number of likely N-dealkylation sites (N-methyl/N-ethyl adjacent to an activating group) is 3. The highest BCUT2D eigenvalue weighted by molar-refractivity contribution is 5.94. The van der Waals surface area contributed by atoms with Crippen molar-refractivity contribution in [3.05, 3.63) is 71.3 Å². The number of anilines is 3. The van der Waals surface area contributed by atoms with Crippen molar-refractivity contribution in [1.29, 1.82) is 0 Å². The molecule has 0 saturated carbocycles. The Morgan fingerprint density at radius 1 is 0.507 bits per heavy atom. The van der Waals surface area contributed by atoms with Gasteiger partial charge in [0.25, 0.3) is 0 Å². The van der Waals surface area contributed by atoms with Gasteiger partial charge in [-0.25, -0.2) is 14.4 Å². The number of aliphatic hydroxyl groups is 5.